The van der Waals surface area contributed by atoms with Gasteiger partial charge >= 0.3 is 0 Å². The van der Waals surface area contributed by atoms with Crippen LogP contribution in [-0.2, 0) is 6.54 Å². The van der Waals surface area contributed by atoms with E-state index in [0.717, 1.165) is 43.4 Å². The molecule has 1 fully saturated rings. The monoisotopic (exact) mass is 301 g/mol. The first kappa shape index (κ1) is 14.2. The van der Waals surface area contributed by atoms with E-state index in [4.69, 9.17) is 11.6 Å². The number of piperazine rings is 1. The molecule has 0 amide bonds. The number of hydrogen-bond donors (Lipinski definition) is 2. The second kappa shape index (κ2) is 6.83. The highest BCUT2D eigenvalue weighted by molar-refractivity contribution is 6.30. The first-order valence-electron chi connectivity index (χ1n) is 7.35. The SMILES string of the molecule is Clc1cccc(CNc2ccc(N3CCNCC3)cc2)c1. The normalized spacial score (nSPS) is 15.0. The highest BCUT2D eigenvalue weighted by Gasteiger charge is 2.09. The summed E-state index contributed by atoms with van der Waals surface area (Å²) >= 11 is 5.99. The zero-order chi connectivity index (χ0) is 14.5. The molecule has 2 aromatic rings. The van der Waals surface area contributed by atoms with E-state index in [1.807, 2.05) is 18.2 Å². The first-order chi connectivity index (χ1) is 10.3. The fraction of sp³-hybridized carbons (Fsp3) is 0.294. The maximum Gasteiger partial charge on any atom is 0.0409 e. The summed E-state index contributed by atoms with van der Waals surface area (Å²) in [6, 6.07) is 16.6. The van der Waals surface area contributed by atoms with Crippen molar-refractivity contribution in [2.45, 2.75) is 6.54 Å². The summed E-state index contributed by atoms with van der Waals surface area (Å²) in [4.78, 5) is 2.41. The molecule has 0 unspecified atom stereocenters. The Morgan fingerprint density at radius 3 is 2.52 bits per heavy atom. The van der Waals surface area contributed by atoms with Crippen molar-refractivity contribution in [2.75, 3.05) is 36.4 Å². The molecule has 0 bridgehead atoms. The van der Waals surface area contributed by atoms with Crippen LogP contribution < -0.4 is 15.5 Å². The van der Waals surface area contributed by atoms with Gasteiger partial charge in [0, 0.05) is 49.1 Å². The Morgan fingerprint density at radius 2 is 1.81 bits per heavy atom. The molecule has 21 heavy (non-hydrogen) atoms. The lowest BCUT2D eigenvalue weighted by Gasteiger charge is -2.29. The average Bonchev–Trinajstić information content (AvgIpc) is 2.54. The number of halogens is 1. The van der Waals surface area contributed by atoms with Crippen LogP contribution in [0.3, 0.4) is 0 Å². The number of hydrogen-bond acceptors (Lipinski definition) is 3. The maximum absolute atomic E-state index is 5.99. The number of anilines is 2. The summed E-state index contributed by atoms with van der Waals surface area (Å²) < 4.78 is 0. The highest BCUT2D eigenvalue weighted by Crippen LogP contribution is 2.19. The predicted molar refractivity (Wildman–Crippen MR) is 90.3 cm³/mol. The summed E-state index contributed by atoms with van der Waals surface area (Å²) in [7, 11) is 0. The minimum absolute atomic E-state index is 0.781. The van der Waals surface area contributed by atoms with Gasteiger partial charge in [0.1, 0.15) is 0 Å². The van der Waals surface area contributed by atoms with Gasteiger partial charge in [0.25, 0.3) is 0 Å². The van der Waals surface area contributed by atoms with Crippen LogP contribution in [0.25, 0.3) is 0 Å². The summed E-state index contributed by atoms with van der Waals surface area (Å²) in [6.07, 6.45) is 0. The predicted octanol–water partition coefficient (Wildman–Crippen LogP) is 3.36. The van der Waals surface area contributed by atoms with Gasteiger partial charge in [-0.25, -0.2) is 0 Å². The van der Waals surface area contributed by atoms with E-state index in [9.17, 15) is 0 Å². The zero-order valence-electron chi connectivity index (χ0n) is 12.0. The van der Waals surface area contributed by atoms with Crippen LogP contribution in [0, 0.1) is 0 Å². The molecule has 3 nitrogen and oxygen atoms in total. The third kappa shape index (κ3) is 3.90. The molecule has 4 heteroatoms. The summed E-state index contributed by atoms with van der Waals surface area (Å²) in [5.41, 5.74) is 3.62. The maximum atomic E-state index is 5.99. The van der Waals surface area contributed by atoms with Crippen LogP contribution in [-0.4, -0.2) is 26.2 Å². The summed E-state index contributed by atoms with van der Waals surface area (Å²) in [6.45, 7) is 5.07. The second-order valence-corrected chi connectivity index (χ2v) is 5.70. The van der Waals surface area contributed by atoms with Crippen LogP contribution >= 0.6 is 11.6 Å². The molecule has 2 aromatic carbocycles. The van der Waals surface area contributed by atoms with Gasteiger partial charge in [-0.1, -0.05) is 23.7 Å². The number of benzene rings is 2. The molecule has 0 radical (unpaired) electrons. The van der Waals surface area contributed by atoms with Gasteiger partial charge in [-0.2, -0.15) is 0 Å². The number of nitrogens with zero attached hydrogens (tertiary/aromatic N) is 1. The Balaban J connectivity index is 1.59. The van der Waals surface area contributed by atoms with Crippen LogP contribution in [0.1, 0.15) is 5.56 Å². The lowest BCUT2D eigenvalue weighted by molar-refractivity contribution is 0.589. The third-order valence-electron chi connectivity index (χ3n) is 3.74. The minimum Gasteiger partial charge on any atom is -0.381 e. The van der Waals surface area contributed by atoms with E-state index in [0.29, 0.717) is 0 Å². The molecule has 3 rings (SSSR count). The molecule has 0 saturated carbocycles. The average molecular weight is 302 g/mol. The quantitative estimate of drug-likeness (QED) is 0.907. The Morgan fingerprint density at radius 1 is 1.05 bits per heavy atom. The van der Waals surface area contributed by atoms with Gasteiger partial charge in [0.05, 0.1) is 0 Å². The van der Waals surface area contributed by atoms with Gasteiger partial charge in [-0.05, 0) is 42.0 Å². The van der Waals surface area contributed by atoms with E-state index in [-0.39, 0.29) is 0 Å². The molecular formula is C17H20ClN3. The second-order valence-electron chi connectivity index (χ2n) is 5.27. The fourth-order valence-corrected chi connectivity index (χ4v) is 2.78. The molecule has 1 aliphatic rings. The van der Waals surface area contributed by atoms with Gasteiger partial charge in [0.2, 0.25) is 0 Å². The van der Waals surface area contributed by atoms with Crippen LogP contribution in [0.5, 0.6) is 0 Å². The molecule has 0 aromatic heterocycles. The molecular weight excluding hydrogens is 282 g/mol. The Labute approximate surface area is 130 Å². The zero-order valence-corrected chi connectivity index (χ0v) is 12.7. The van der Waals surface area contributed by atoms with Crippen molar-refractivity contribution in [1.29, 1.82) is 0 Å². The van der Waals surface area contributed by atoms with E-state index in [2.05, 4.69) is 45.9 Å². The lowest BCUT2D eigenvalue weighted by Crippen LogP contribution is -2.43. The first-order valence-corrected chi connectivity index (χ1v) is 7.73. The van der Waals surface area contributed by atoms with Crippen molar-refractivity contribution in [1.82, 2.24) is 5.32 Å². The topological polar surface area (TPSA) is 27.3 Å². The van der Waals surface area contributed by atoms with E-state index in [1.54, 1.807) is 0 Å². The molecule has 1 heterocycles. The van der Waals surface area contributed by atoms with Crippen LogP contribution in [0.2, 0.25) is 5.02 Å². The number of rotatable bonds is 4. The highest BCUT2D eigenvalue weighted by atomic mass is 35.5. The number of nitrogens with one attached hydrogen (secondary N) is 2. The molecule has 0 spiro atoms. The van der Waals surface area contributed by atoms with Crippen molar-refractivity contribution >= 4 is 23.0 Å². The standard InChI is InChI=1S/C17H20ClN3/c18-15-3-1-2-14(12-15)13-20-16-4-6-17(7-5-16)21-10-8-19-9-11-21/h1-7,12,19-20H,8-11,13H2. The van der Waals surface area contributed by atoms with E-state index >= 15 is 0 Å². The van der Waals surface area contributed by atoms with Crippen LogP contribution in [0.4, 0.5) is 11.4 Å². The fourth-order valence-electron chi connectivity index (χ4n) is 2.56. The molecule has 110 valence electrons. The van der Waals surface area contributed by atoms with Crippen molar-refractivity contribution in [2.24, 2.45) is 0 Å². The van der Waals surface area contributed by atoms with Gasteiger partial charge < -0.3 is 15.5 Å². The summed E-state index contributed by atoms with van der Waals surface area (Å²) in [5, 5.41) is 7.58. The molecule has 0 aliphatic carbocycles. The molecule has 0 atom stereocenters. The Bertz CT molecular complexity index is 577. The Kier molecular flexibility index (Phi) is 4.63. The lowest BCUT2D eigenvalue weighted by atomic mass is 10.2. The largest absolute Gasteiger partial charge is 0.381 e. The van der Waals surface area contributed by atoms with Crippen molar-refractivity contribution in [3.63, 3.8) is 0 Å². The van der Waals surface area contributed by atoms with Crippen molar-refractivity contribution in [3.8, 4) is 0 Å². The van der Waals surface area contributed by atoms with Crippen LogP contribution in [0.15, 0.2) is 48.5 Å². The van der Waals surface area contributed by atoms with Gasteiger partial charge in [-0.15, -0.1) is 0 Å². The molecule has 1 saturated heterocycles. The Hall–Kier alpha value is -1.71. The van der Waals surface area contributed by atoms with Crippen molar-refractivity contribution < 1.29 is 0 Å². The van der Waals surface area contributed by atoms with Gasteiger partial charge in [0.15, 0.2) is 0 Å². The molecule has 2 N–H and O–H groups in total. The minimum atomic E-state index is 0.781. The molecule has 1 aliphatic heterocycles. The van der Waals surface area contributed by atoms with Gasteiger partial charge in [-0.3, -0.25) is 0 Å². The van der Waals surface area contributed by atoms with Crippen molar-refractivity contribution in [3.05, 3.63) is 59.1 Å². The van der Waals surface area contributed by atoms with E-state index in [1.165, 1.54) is 11.3 Å². The smallest absolute Gasteiger partial charge is 0.0409 e. The summed E-state index contributed by atoms with van der Waals surface area (Å²) in [5.74, 6) is 0. The third-order valence-corrected chi connectivity index (χ3v) is 3.97. The van der Waals surface area contributed by atoms with E-state index < -0.39 is 0 Å².